The molecule has 1 aliphatic heterocycles. The van der Waals surface area contributed by atoms with E-state index in [4.69, 9.17) is 10.5 Å². The van der Waals surface area contributed by atoms with E-state index in [9.17, 15) is 17.6 Å². The number of hydrogen-bond acceptors (Lipinski definition) is 7. The van der Waals surface area contributed by atoms with Crippen molar-refractivity contribution in [2.75, 3.05) is 23.4 Å². The van der Waals surface area contributed by atoms with Crippen LogP contribution < -0.4 is 15.8 Å². The van der Waals surface area contributed by atoms with E-state index in [1.807, 2.05) is 6.07 Å². The largest absolute Gasteiger partial charge is 0.434 e. The minimum absolute atomic E-state index is 0.0288. The van der Waals surface area contributed by atoms with Gasteiger partial charge in [0.05, 0.1) is 29.1 Å². The number of aryl methyl sites for hydroxylation is 1. The summed E-state index contributed by atoms with van der Waals surface area (Å²) in [4.78, 5) is 16.2. The maximum absolute atomic E-state index is 14.3. The van der Waals surface area contributed by atoms with E-state index >= 15 is 0 Å². The minimum atomic E-state index is -2.96. The lowest BCUT2D eigenvalue weighted by atomic mass is 10.0. The summed E-state index contributed by atoms with van der Waals surface area (Å²) in [5.74, 6) is -0.307. The zero-order valence-electron chi connectivity index (χ0n) is 20.1. The fraction of sp³-hybridized carbons (Fsp3) is 0.269. The Labute approximate surface area is 213 Å². The molecule has 1 amide bonds. The highest BCUT2D eigenvalue weighted by molar-refractivity contribution is 7.91. The Morgan fingerprint density at radius 2 is 1.95 bits per heavy atom. The predicted molar refractivity (Wildman–Crippen MR) is 138 cm³/mol. The van der Waals surface area contributed by atoms with Crippen molar-refractivity contribution >= 4 is 27.1 Å². The molecule has 1 saturated heterocycles. The molecular weight excluding hydrogens is 497 g/mol. The lowest BCUT2D eigenvalue weighted by molar-refractivity contribution is 0.0999. The van der Waals surface area contributed by atoms with Gasteiger partial charge >= 0.3 is 0 Å². The number of halogens is 1. The van der Waals surface area contributed by atoms with Crippen LogP contribution in [0.4, 0.5) is 10.1 Å². The number of nitrogens with one attached hydrogen (secondary N) is 1. The van der Waals surface area contributed by atoms with Crippen molar-refractivity contribution in [2.24, 2.45) is 11.7 Å². The third-order valence-electron chi connectivity index (χ3n) is 6.54. The van der Waals surface area contributed by atoms with Crippen molar-refractivity contribution in [1.29, 1.82) is 0 Å². The lowest BCUT2D eigenvalue weighted by Gasteiger charge is -2.22. The van der Waals surface area contributed by atoms with Crippen LogP contribution in [0.1, 0.15) is 28.8 Å². The second-order valence-electron chi connectivity index (χ2n) is 9.18. The molecule has 3 heterocycles. The molecule has 0 aliphatic carbocycles. The van der Waals surface area contributed by atoms with E-state index in [2.05, 4.69) is 15.4 Å². The molecule has 1 fully saturated rings. The Hall–Kier alpha value is -3.99. The van der Waals surface area contributed by atoms with Crippen LogP contribution in [-0.4, -0.2) is 47.0 Å². The van der Waals surface area contributed by atoms with Gasteiger partial charge in [-0.2, -0.15) is 0 Å². The topological polar surface area (TPSA) is 129 Å². The van der Waals surface area contributed by atoms with E-state index in [1.54, 1.807) is 48.0 Å². The van der Waals surface area contributed by atoms with Crippen molar-refractivity contribution in [3.63, 3.8) is 0 Å². The fourth-order valence-corrected chi connectivity index (χ4v) is 6.05. The van der Waals surface area contributed by atoms with E-state index in [-0.39, 0.29) is 29.1 Å². The fourth-order valence-electron chi connectivity index (χ4n) is 4.46. The molecule has 192 valence electrons. The number of aromatic nitrogens is 3. The Bertz CT molecular complexity index is 1590. The molecule has 37 heavy (non-hydrogen) atoms. The van der Waals surface area contributed by atoms with Gasteiger partial charge in [0.25, 0.3) is 0 Å². The van der Waals surface area contributed by atoms with E-state index in [1.165, 1.54) is 12.1 Å². The van der Waals surface area contributed by atoms with Crippen LogP contribution in [0.15, 0.2) is 54.7 Å². The van der Waals surface area contributed by atoms with Gasteiger partial charge in [-0.15, -0.1) is 5.10 Å². The number of imidazole rings is 1. The Morgan fingerprint density at radius 1 is 1.19 bits per heavy atom. The minimum Gasteiger partial charge on any atom is -0.434 e. The number of amides is 1. The molecule has 0 radical (unpaired) electrons. The first kappa shape index (κ1) is 24.7. The van der Waals surface area contributed by atoms with Crippen LogP contribution in [-0.2, 0) is 9.84 Å². The maximum atomic E-state index is 14.3. The number of nitrogens with zero attached hydrogens (tertiary/aromatic N) is 3. The number of hydrogen-bond donors (Lipinski definition) is 2. The highest BCUT2D eigenvalue weighted by Gasteiger charge is 2.24. The summed E-state index contributed by atoms with van der Waals surface area (Å²) >= 11 is 0. The Balaban J connectivity index is 1.53. The van der Waals surface area contributed by atoms with Crippen molar-refractivity contribution in [3.8, 4) is 22.9 Å². The van der Waals surface area contributed by atoms with Gasteiger partial charge in [-0.1, -0.05) is 18.2 Å². The highest BCUT2D eigenvalue weighted by atomic mass is 32.2. The second kappa shape index (κ2) is 9.81. The number of primary amides is 1. The van der Waals surface area contributed by atoms with Gasteiger partial charge < -0.3 is 15.8 Å². The molecule has 5 rings (SSSR count). The smallest absolute Gasteiger partial charge is 0.248 e. The Kier molecular flexibility index (Phi) is 6.55. The van der Waals surface area contributed by atoms with Gasteiger partial charge in [0.15, 0.2) is 17.2 Å². The summed E-state index contributed by atoms with van der Waals surface area (Å²) in [6.45, 7) is 2.34. The first-order valence-electron chi connectivity index (χ1n) is 11.9. The van der Waals surface area contributed by atoms with Crippen LogP contribution in [0.25, 0.3) is 16.9 Å². The van der Waals surface area contributed by atoms with Crippen LogP contribution in [0, 0.1) is 18.7 Å². The standard InChI is InChI=1S/C26H26FN5O4S/c1-16-12-18(6-7-19(16)25(28)33)22-15-30-26-21(29-14-17-8-10-37(34,35)11-9-17)13-24(31-32(22)26)36-23-5-3-2-4-20(23)27/h2-7,12-13,15,17,29H,8-11,14H2,1H3,(H2,28,33). The number of carbonyl (C=O) groups is 1. The maximum Gasteiger partial charge on any atom is 0.248 e. The summed E-state index contributed by atoms with van der Waals surface area (Å²) < 4.78 is 45.3. The monoisotopic (exact) mass is 523 g/mol. The van der Waals surface area contributed by atoms with Crippen LogP contribution in [0.2, 0.25) is 0 Å². The number of nitrogens with two attached hydrogens (primary N) is 1. The molecule has 2 aromatic heterocycles. The zero-order chi connectivity index (χ0) is 26.2. The van der Waals surface area contributed by atoms with Crippen LogP contribution >= 0.6 is 0 Å². The summed E-state index contributed by atoms with van der Waals surface area (Å²) in [5, 5.41) is 7.94. The molecular formula is C26H26FN5O4S. The first-order valence-corrected chi connectivity index (χ1v) is 13.7. The van der Waals surface area contributed by atoms with Gasteiger partial charge in [-0.25, -0.2) is 22.3 Å². The molecule has 0 bridgehead atoms. The van der Waals surface area contributed by atoms with Gasteiger partial charge in [-0.05, 0) is 55.5 Å². The summed E-state index contributed by atoms with van der Waals surface area (Å²) in [6.07, 6.45) is 2.83. The van der Waals surface area contributed by atoms with E-state index in [0.29, 0.717) is 47.5 Å². The highest BCUT2D eigenvalue weighted by Crippen LogP contribution is 2.31. The molecule has 0 spiro atoms. The number of carbonyl (C=O) groups excluding carboxylic acids is 1. The molecule has 3 N–H and O–H groups in total. The molecule has 1 aliphatic rings. The molecule has 0 saturated carbocycles. The van der Waals surface area contributed by atoms with Gasteiger partial charge in [-0.3, -0.25) is 4.79 Å². The number of para-hydroxylation sites is 1. The molecule has 4 aromatic rings. The number of rotatable bonds is 7. The Morgan fingerprint density at radius 3 is 2.65 bits per heavy atom. The predicted octanol–water partition coefficient (Wildman–Crippen LogP) is 3.97. The molecule has 9 nitrogen and oxygen atoms in total. The van der Waals surface area contributed by atoms with Gasteiger partial charge in [0.2, 0.25) is 11.8 Å². The third-order valence-corrected chi connectivity index (χ3v) is 8.25. The van der Waals surface area contributed by atoms with Crippen molar-refractivity contribution in [1.82, 2.24) is 14.6 Å². The molecule has 0 atom stereocenters. The summed E-state index contributed by atoms with van der Waals surface area (Å²) in [7, 11) is -2.96. The van der Waals surface area contributed by atoms with Crippen molar-refractivity contribution in [3.05, 3.63) is 71.7 Å². The molecule has 0 unspecified atom stereocenters. The average Bonchev–Trinajstić information content (AvgIpc) is 3.28. The van der Waals surface area contributed by atoms with E-state index in [0.717, 1.165) is 5.56 Å². The summed E-state index contributed by atoms with van der Waals surface area (Å²) in [6, 6.07) is 12.9. The normalized spacial score (nSPS) is 15.5. The zero-order valence-corrected chi connectivity index (χ0v) is 21.0. The molecule has 2 aromatic carbocycles. The quantitative estimate of drug-likeness (QED) is 0.375. The van der Waals surface area contributed by atoms with Gasteiger partial charge in [0.1, 0.15) is 9.84 Å². The third kappa shape index (κ3) is 5.26. The van der Waals surface area contributed by atoms with Gasteiger partial charge in [0, 0.05) is 23.7 Å². The number of anilines is 1. The first-order chi connectivity index (χ1) is 17.7. The average molecular weight is 524 g/mol. The SMILES string of the molecule is Cc1cc(-c2cnc3c(NCC4CCS(=O)(=O)CC4)cc(Oc4ccccc4F)nn23)ccc1C(N)=O. The second-order valence-corrected chi connectivity index (χ2v) is 11.5. The van der Waals surface area contributed by atoms with Crippen molar-refractivity contribution < 1.29 is 22.3 Å². The molecule has 11 heteroatoms. The van der Waals surface area contributed by atoms with Crippen LogP contribution in [0.5, 0.6) is 11.6 Å². The number of fused-ring (bicyclic) bond motifs is 1. The lowest BCUT2D eigenvalue weighted by Crippen LogP contribution is -2.27. The summed E-state index contributed by atoms with van der Waals surface area (Å²) in [5.41, 5.74) is 9.12. The van der Waals surface area contributed by atoms with E-state index < -0.39 is 21.6 Å². The van der Waals surface area contributed by atoms with Crippen LogP contribution in [0.3, 0.4) is 0 Å². The van der Waals surface area contributed by atoms with Crippen molar-refractivity contribution in [2.45, 2.75) is 19.8 Å². The number of benzene rings is 2. The number of ether oxygens (including phenoxy) is 1. The number of sulfone groups is 1.